The SMILES string of the molecule is CCOc1ccc(OC(C)C(=O)NNC(=O)CCc2cnn(-c3ccccc3)c2)cc1. The molecule has 2 aromatic carbocycles. The zero-order chi connectivity index (χ0) is 22.1. The Morgan fingerprint density at radius 3 is 2.45 bits per heavy atom. The zero-order valence-electron chi connectivity index (χ0n) is 17.6. The van der Waals surface area contributed by atoms with Gasteiger partial charge in [-0.05, 0) is 62.2 Å². The number of para-hydroxylation sites is 1. The van der Waals surface area contributed by atoms with Crippen molar-refractivity contribution in [2.45, 2.75) is 32.8 Å². The molecule has 3 rings (SSSR count). The van der Waals surface area contributed by atoms with Crippen molar-refractivity contribution in [1.29, 1.82) is 0 Å². The van der Waals surface area contributed by atoms with Gasteiger partial charge >= 0.3 is 0 Å². The van der Waals surface area contributed by atoms with E-state index in [0.717, 1.165) is 17.0 Å². The second-order valence-corrected chi connectivity index (χ2v) is 6.83. The molecule has 0 aliphatic rings. The number of nitrogens with zero attached hydrogens (tertiary/aromatic N) is 2. The lowest BCUT2D eigenvalue weighted by Gasteiger charge is -2.15. The summed E-state index contributed by atoms with van der Waals surface area (Å²) >= 11 is 0. The highest BCUT2D eigenvalue weighted by Gasteiger charge is 2.15. The lowest BCUT2D eigenvalue weighted by Crippen LogP contribution is -2.47. The number of aromatic nitrogens is 2. The first-order chi connectivity index (χ1) is 15.0. The third kappa shape index (κ3) is 6.60. The Kier molecular flexibility index (Phi) is 7.64. The number of hydrogen-bond acceptors (Lipinski definition) is 5. The molecule has 8 heteroatoms. The quantitative estimate of drug-likeness (QED) is 0.517. The largest absolute Gasteiger partial charge is 0.494 e. The second-order valence-electron chi connectivity index (χ2n) is 6.83. The summed E-state index contributed by atoms with van der Waals surface area (Å²) in [7, 11) is 0. The van der Waals surface area contributed by atoms with Crippen molar-refractivity contribution in [3.05, 3.63) is 72.6 Å². The van der Waals surface area contributed by atoms with Gasteiger partial charge in [-0.15, -0.1) is 0 Å². The molecule has 2 amide bonds. The second kappa shape index (κ2) is 10.8. The van der Waals surface area contributed by atoms with E-state index in [2.05, 4.69) is 16.0 Å². The summed E-state index contributed by atoms with van der Waals surface area (Å²) in [6.07, 6.45) is 3.56. The van der Waals surface area contributed by atoms with Gasteiger partial charge in [0.1, 0.15) is 11.5 Å². The Morgan fingerprint density at radius 2 is 1.74 bits per heavy atom. The van der Waals surface area contributed by atoms with Crippen LogP contribution in [-0.2, 0) is 16.0 Å². The van der Waals surface area contributed by atoms with Crippen LogP contribution in [0.2, 0.25) is 0 Å². The zero-order valence-corrected chi connectivity index (χ0v) is 17.6. The van der Waals surface area contributed by atoms with Crippen LogP contribution in [0.15, 0.2) is 67.0 Å². The van der Waals surface area contributed by atoms with Crippen LogP contribution in [0.25, 0.3) is 5.69 Å². The molecule has 0 aliphatic heterocycles. The van der Waals surface area contributed by atoms with Gasteiger partial charge in [-0.1, -0.05) is 18.2 Å². The third-order valence-electron chi connectivity index (χ3n) is 4.44. The fourth-order valence-electron chi connectivity index (χ4n) is 2.80. The van der Waals surface area contributed by atoms with Crippen molar-refractivity contribution < 1.29 is 19.1 Å². The highest BCUT2D eigenvalue weighted by molar-refractivity contribution is 5.84. The molecule has 1 unspecified atom stereocenters. The van der Waals surface area contributed by atoms with E-state index in [-0.39, 0.29) is 12.3 Å². The van der Waals surface area contributed by atoms with Crippen LogP contribution < -0.4 is 20.3 Å². The van der Waals surface area contributed by atoms with E-state index < -0.39 is 12.0 Å². The molecule has 8 nitrogen and oxygen atoms in total. The Labute approximate surface area is 181 Å². The summed E-state index contributed by atoms with van der Waals surface area (Å²) in [6, 6.07) is 16.7. The molecule has 31 heavy (non-hydrogen) atoms. The lowest BCUT2D eigenvalue weighted by molar-refractivity contribution is -0.132. The van der Waals surface area contributed by atoms with Crippen molar-refractivity contribution in [2.24, 2.45) is 0 Å². The number of amides is 2. The third-order valence-corrected chi connectivity index (χ3v) is 4.44. The lowest BCUT2D eigenvalue weighted by atomic mass is 10.2. The van der Waals surface area contributed by atoms with Crippen LogP contribution in [0.1, 0.15) is 25.8 Å². The highest BCUT2D eigenvalue weighted by Crippen LogP contribution is 2.18. The monoisotopic (exact) mass is 422 g/mol. The van der Waals surface area contributed by atoms with Crippen LogP contribution in [0, 0.1) is 0 Å². The van der Waals surface area contributed by atoms with Gasteiger partial charge in [0.05, 0.1) is 18.5 Å². The van der Waals surface area contributed by atoms with Crippen molar-refractivity contribution in [3.63, 3.8) is 0 Å². The summed E-state index contributed by atoms with van der Waals surface area (Å²) in [5.41, 5.74) is 6.69. The number of ether oxygens (including phenoxy) is 2. The van der Waals surface area contributed by atoms with Crippen molar-refractivity contribution in [3.8, 4) is 17.2 Å². The minimum Gasteiger partial charge on any atom is -0.494 e. The van der Waals surface area contributed by atoms with E-state index in [1.54, 1.807) is 42.1 Å². The normalized spacial score (nSPS) is 11.4. The standard InChI is InChI=1S/C23H26N4O4/c1-3-30-20-10-12-21(13-11-20)31-17(2)23(29)26-25-22(28)14-9-18-15-24-27(16-18)19-7-5-4-6-8-19/h4-8,10-13,15-17H,3,9,14H2,1-2H3,(H,25,28)(H,26,29). The first kappa shape index (κ1) is 21.9. The Bertz CT molecular complexity index is 986. The molecule has 2 N–H and O–H groups in total. The number of carbonyl (C=O) groups is 2. The molecule has 0 saturated heterocycles. The molecular weight excluding hydrogens is 396 g/mol. The number of nitrogens with one attached hydrogen (secondary N) is 2. The van der Waals surface area contributed by atoms with Crippen molar-refractivity contribution in [2.75, 3.05) is 6.61 Å². The predicted octanol–water partition coefficient (Wildman–Crippen LogP) is 2.82. The molecule has 0 bridgehead atoms. The first-order valence-electron chi connectivity index (χ1n) is 10.1. The highest BCUT2D eigenvalue weighted by atomic mass is 16.5. The van der Waals surface area contributed by atoms with Gasteiger partial charge < -0.3 is 9.47 Å². The summed E-state index contributed by atoms with van der Waals surface area (Å²) in [5, 5.41) is 4.31. The molecular formula is C23H26N4O4. The number of rotatable bonds is 9. The van der Waals surface area contributed by atoms with Crippen molar-refractivity contribution in [1.82, 2.24) is 20.6 Å². The molecule has 1 aromatic heterocycles. The Morgan fingerprint density at radius 1 is 1.03 bits per heavy atom. The van der Waals surface area contributed by atoms with Gasteiger partial charge in [0.2, 0.25) is 5.91 Å². The molecule has 0 spiro atoms. The van der Waals surface area contributed by atoms with Crippen LogP contribution in [0.4, 0.5) is 0 Å². The first-order valence-corrected chi connectivity index (χ1v) is 10.1. The van der Waals surface area contributed by atoms with Gasteiger partial charge in [-0.2, -0.15) is 5.10 Å². The maximum absolute atomic E-state index is 12.2. The number of hydrogen-bond donors (Lipinski definition) is 2. The van der Waals surface area contributed by atoms with E-state index in [0.29, 0.717) is 18.8 Å². The average molecular weight is 422 g/mol. The van der Waals surface area contributed by atoms with Gasteiger partial charge in [0.25, 0.3) is 5.91 Å². The van der Waals surface area contributed by atoms with Crippen LogP contribution >= 0.6 is 0 Å². The summed E-state index contributed by atoms with van der Waals surface area (Å²) in [5.74, 6) is 0.523. The maximum Gasteiger partial charge on any atom is 0.279 e. The molecule has 1 atom stereocenters. The fraction of sp³-hybridized carbons (Fsp3) is 0.261. The van der Waals surface area contributed by atoms with E-state index in [9.17, 15) is 9.59 Å². The number of hydrazine groups is 1. The van der Waals surface area contributed by atoms with Gasteiger partial charge in [-0.25, -0.2) is 4.68 Å². The number of aryl methyl sites for hydroxylation is 1. The smallest absolute Gasteiger partial charge is 0.279 e. The average Bonchev–Trinajstić information content (AvgIpc) is 3.27. The van der Waals surface area contributed by atoms with Gasteiger partial charge in [-0.3, -0.25) is 20.4 Å². The molecule has 0 fully saturated rings. The maximum atomic E-state index is 12.2. The van der Waals surface area contributed by atoms with E-state index in [1.807, 2.05) is 43.5 Å². The topological polar surface area (TPSA) is 94.5 Å². The van der Waals surface area contributed by atoms with Gasteiger partial charge in [0.15, 0.2) is 6.10 Å². The van der Waals surface area contributed by atoms with E-state index in [4.69, 9.17) is 9.47 Å². The van der Waals surface area contributed by atoms with E-state index in [1.165, 1.54) is 0 Å². The molecule has 1 heterocycles. The van der Waals surface area contributed by atoms with Crippen LogP contribution in [0.3, 0.4) is 0 Å². The predicted molar refractivity (Wildman–Crippen MR) is 116 cm³/mol. The fourth-order valence-corrected chi connectivity index (χ4v) is 2.80. The molecule has 0 aliphatic carbocycles. The van der Waals surface area contributed by atoms with Crippen molar-refractivity contribution >= 4 is 11.8 Å². The van der Waals surface area contributed by atoms with Crippen LogP contribution in [0.5, 0.6) is 11.5 Å². The molecule has 3 aromatic rings. The number of carbonyl (C=O) groups excluding carboxylic acids is 2. The Balaban J connectivity index is 1.39. The van der Waals surface area contributed by atoms with Crippen LogP contribution in [-0.4, -0.2) is 34.3 Å². The molecule has 0 saturated carbocycles. The molecule has 162 valence electrons. The molecule has 0 radical (unpaired) electrons. The van der Waals surface area contributed by atoms with Gasteiger partial charge in [0, 0.05) is 12.6 Å². The minimum atomic E-state index is -0.776. The number of benzene rings is 2. The summed E-state index contributed by atoms with van der Waals surface area (Å²) in [4.78, 5) is 24.2. The Hall–Kier alpha value is -3.81. The summed E-state index contributed by atoms with van der Waals surface area (Å²) < 4.78 is 12.7. The van der Waals surface area contributed by atoms with E-state index >= 15 is 0 Å². The summed E-state index contributed by atoms with van der Waals surface area (Å²) in [6.45, 7) is 4.09. The minimum absolute atomic E-state index is 0.217.